The van der Waals surface area contributed by atoms with Gasteiger partial charge in [-0.1, -0.05) is 62.2 Å². The molecule has 0 spiro atoms. The van der Waals surface area contributed by atoms with Crippen LogP contribution in [0.4, 0.5) is 0 Å². The van der Waals surface area contributed by atoms with Gasteiger partial charge in [0.05, 0.1) is 23.2 Å². The Kier molecular flexibility index (Phi) is 4.80. The molecule has 0 fully saturated rings. The summed E-state index contributed by atoms with van der Waals surface area (Å²) >= 11 is 0. The number of allylic oxidation sites excluding steroid dienone is 5. The molecule has 1 aromatic rings. The lowest BCUT2D eigenvalue weighted by Gasteiger charge is -2.31. The second-order valence-corrected chi connectivity index (χ2v) is 6.49. The molecule has 0 aliphatic carbocycles. The maximum Gasteiger partial charge on any atom is 0.0989 e. The van der Waals surface area contributed by atoms with Crippen molar-refractivity contribution in [1.29, 1.82) is 0 Å². The van der Waals surface area contributed by atoms with Gasteiger partial charge in [-0.2, -0.15) is 0 Å². The zero-order chi connectivity index (χ0) is 18.0. The van der Waals surface area contributed by atoms with Crippen LogP contribution in [0.1, 0.15) is 36.8 Å². The zero-order valence-electron chi connectivity index (χ0n) is 14.8. The molecule has 1 aromatic carbocycles. The lowest BCUT2D eigenvalue weighted by atomic mass is 9.79. The quantitative estimate of drug-likeness (QED) is 0.693. The Morgan fingerprint density at radius 2 is 1.76 bits per heavy atom. The van der Waals surface area contributed by atoms with Gasteiger partial charge >= 0.3 is 0 Å². The van der Waals surface area contributed by atoms with Gasteiger partial charge in [0.15, 0.2) is 0 Å². The van der Waals surface area contributed by atoms with E-state index in [1.54, 1.807) is 6.08 Å². The fraction of sp³-hybridized carbons (Fsp3) is 0.217. The molecule has 2 heteroatoms. The van der Waals surface area contributed by atoms with Crippen molar-refractivity contribution in [3.63, 3.8) is 0 Å². The zero-order valence-corrected chi connectivity index (χ0v) is 14.8. The van der Waals surface area contributed by atoms with Crippen LogP contribution in [0.15, 0.2) is 95.6 Å². The van der Waals surface area contributed by atoms with E-state index in [9.17, 15) is 0 Å². The molecule has 0 radical (unpaired) electrons. The van der Waals surface area contributed by atoms with Crippen LogP contribution in [0.5, 0.6) is 0 Å². The topological polar surface area (TPSA) is 24.7 Å². The molecular formula is C23H24N2. The summed E-state index contributed by atoms with van der Waals surface area (Å²) in [6.45, 7) is 18.2. The standard InChI is InChI=1S/C23H24N2/c1-6-17-15(4)13-14-20-18-11-9-10-12-19(18)22(8-3)25-23(20)16(5)24-21(17)7-2/h6-12,20,23H,1-3,5,13-14H2,4H3/b17-15-,24-21-. The number of nitrogens with zero attached hydrogens (tertiary/aromatic N) is 2. The highest BCUT2D eigenvalue weighted by Gasteiger charge is 2.32. The Morgan fingerprint density at radius 1 is 1.04 bits per heavy atom. The average Bonchev–Trinajstić information content (AvgIpc) is 2.69. The molecule has 0 amide bonds. The van der Waals surface area contributed by atoms with Gasteiger partial charge in [0.25, 0.3) is 0 Å². The number of fused-ring (bicyclic) bond motifs is 3. The maximum atomic E-state index is 4.95. The summed E-state index contributed by atoms with van der Waals surface area (Å²) in [6, 6.07) is 8.39. The maximum absolute atomic E-state index is 4.95. The van der Waals surface area contributed by atoms with Gasteiger partial charge in [0.2, 0.25) is 0 Å². The van der Waals surface area contributed by atoms with Crippen molar-refractivity contribution < 1.29 is 0 Å². The minimum absolute atomic E-state index is 0.0742. The molecule has 0 N–H and O–H groups in total. The SMILES string of the molecule is C=CC1=NC2C(=C)/N=C(C=C)\C(C=C)=C(\C)CCC2c2ccccc21. The first-order chi connectivity index (χ1) is 12.1. The van der Waals surface area contributed by atoms with E-state index in [2.05, 4.69) is 57.5 Å². The number of hydrogen-bond acceptors (Lipinski definition) is 2. The molecule has 3 rings (SSSR count). The van der Waals surface area contributed by atoms with E-state index >= 15 is 0 Å². The van der Waals surface area contributed by atoms with Crippen molar-refractivity contribution in [2.45, 2.75) is 31.7 Å². The van der Waals surface area contributed by atoms with Crippen LogP contribution in [0.25, 0.3) is 0 Å². The smallest absolute Gasteiger partial charge is 0.0989 e. The molecular weight excluding hydrogens is 304 g/mol. The van der Waals surface area contributed by atoms with Crippen LogP contribution < -0.4 is 0 Å². The first-order valence-electron chi connectivity index (χ1n) is 8.62. The lowest BCUT2D eigenvalue weighted by Crippen LogP contribution is -2.26. The third-order valence-corrected chi connectivity index (χ3v) is 5.06. The van der Waals surface area contributed by atoms with Crippen molar-refractivity contribution in [3.8, 4) is 0 Å². The summed E-state index contributed by atoms with van der Waals surface area (Å²) < 4.78 is 0. The third-order valence-electron chi connectivity index (χ3n) is 5.06. The number of aliphatic imine (C=N–C) groups is 2. The van der Waals surface area contributed by atoms with Gasteiger partial charge < -0.3 is 0 Å². The largest absolute Gasteiger partial charge is 0.274 e. The minimum Gasteiger partial charge on any atom is -0.274 e. The molecule has 2 unspecified atom stereocenters. The van der Waals surface area contributed by atoms with Crippen LogP contribution in [0, 0.1) is 0 Å². The summed E-state index contributed by atoms with van der Waals surface area (Å²) in [4.78, 5) is 9.72. The Labute approximate surface area is 150 Å². The molecule has 2 aliphatic heterocycles. The fourth-order valence-corrected chi connectivity index (χ4v) is 3.76. The summed E-state index contributed by atoms with van der Waals surface area (Å²) in [5.41, 5.74) is 7.32. The molecule has 2 nitrogen and oxygen atoms in total. The van der Waals surface area contributed by atoms with Crippen molar-refractivity contribution >= 4 is 11.4 Å². The van der Waals surface area contributed by atoms with E-state index in [0.717, 1.165) is 35.5 Å². The predicted molar refractivity (Wildman–Crippen MR) is 109 cm³/mol. The highest BCUT2D eigenvalue weighted by atomic mass is 14.9. The Morgan fingerprint density at radius 3 is 2.44 bits per heavy atom. The van der Waals surface area contributed by atoms with Crippen LogP contribution in [-0.4, -0.2) is 17.5 Å². The van der Waals surface area contributed by atoms with Gasteiger partial charge in [-0.25, -0.2) is 0 Å². The van der Waals surface area contributed by atoms with Gasteiger partial charge in [-0.15, -0.1) is 0 Å². The Bertz CT molecular complexity index is 849. The fourth-order valence-electron chi connectivity index (χ4n) is 3.76. The first kappa shape index (κ1) is 17.1. The third kappa shape index (κ3) is 3.00. The minimum atomic E-state index is -0.0742. The summed E-state index contributed by atoms with van der Waals surface area (Å²) in [7, 11) is 0. The molecule has 25 heavy (non-hydrogen) atoms. The molecule has 0 bridgehead atoms. The summed E-state index contributed by atoms with van der Waals surface area (Å²) in [5.74, 6) is 0.265. The van der Waals surface area contributed by atoms with E-state index < -0.39 is 0 Å². The number of rotatable bonds is 3. The first-order valence-corrected chi connectivity index (χ1v) is 8.62. The monoisotopic (exact) mass is 328 g/mol. The van der Waals surface area contributed by atoms with Crippen molar-refractivity contribution in [1.82, 2.24) is 0 Å². The number of benzene rings is 1. The van der Waals surface area contributed by atoms with Crippen molar-refractivity contribution in [2.24, 2.45) is 9.98 Å². The second kappa shape index (κ2) is 7.02. The highest BCUT2D eigenvalue weighted by molar-refractivity contribution is 6.12. The van der Waals surface area contributed by atoms with Gasteiger partial charge in [0, 0.05) is 11.5 Å². The normalized spacial score (nSPS) is 28.1. The Balaban J connectivity index is 2.18. The van der Waals surface area contributed by atoms with Gasteiger partial charge in [-0.05, 0) is 43.1 Å². The van der Waals surface area contributed by atoms with Crippen LogP contribution in [-0.2, 0) is 0 Å². The molecule has 0 saturated heterocycles. The summed E-state index contributed by atoms with van der Waals surface area (Å²) in [5, 5.41) is 0. The molecule has 2 atom stereocenters. The van der Waals surface area contributed by atoms with E-state index in [-0.39, 0.29) is 12.0 Å². The average molecular weight is 328 g/mol. The molecule has 0 saturated carbocycles. The highest BCUT2D eigenvalue weighted by Crippen LogP contribution is 2.39. The van der Waals surface area contributed by atoms with Crippen LogP contribution >= 0.6 is 0 Å². The molecule has 2 heterocycles. The molecule has 2 aliphatic rings. The predicted octanol–water partition coefficient (Wildman–Crippen LogP) is 5.56. The lowest BCUT2D eigenvalue weighted by molar-refractivity contribution is 0.539. The van der Waals surface area contributed by atoms with E-state index in [1.165, 1.54) is 16.7 Å². The summed E-state index contributed by atoms with van der Waals surface area (Å²) in [6.07, 6.45) is 7.44. The van der Waals surface area contributed by atoms with Crippen molar-refractivity contribution in [2.75, 3.05) is 0 Å². The number of hydrogen-bond donors (Lipinski definition) is 0. The Hall–Kier alpha value is -2.74. The molecule has 126 valence electrons. The van der Waals surface area contributed by atoms with E-state index in [4.69, 9.17) is 9.98 Å². The van der Waals surface area contributed by atoms with Crippen LogP contribution in [0.3, 0.4) is 0 Å². The van der Waals surface area contributed by atoms with E-state index in [1.807, 2.05) is 12.2 Å². The van der Waals surface area contributed by atoms with Gasteiger partial charge in [-0.3, -0.25) is 9.98 Å². The molecule has 0 aromatic heterocycles. The van der Waals surface area contributed by atoms with Gasteiger partial charge in [0.1, 0.15) is 0 Å². The second-order valence-electron chi connectivity index (χ2n) is 6.49. The van der Waals surface area contributed by atoms with Crippen molar-refractivity contribution in [3.05, 3.63) is 96.8 Å². The van der Waals surface area contributed by atoms with E-state index in [0.29, 0.717) is 0 Å². The van der Waals surface area contributed by atoms with Crippen LogP contribution in [0.2, 0.25) is 0 Å².